The average Bonchev–Trinajstić information content (AvgIpc) is 2.97. The maximum absolute atomic E-state index is 8.89. The van der Waals surface area contributed by atoms with E-state index in [4.69, 9.17) is 5.26 Å². The van der Waals surface area contributed by atoms with Crippen molar-refractivity contribution in [3.05, 3.63) is 63.9 Å². The first-order valence-electron chi connectivity index (χ1n) is 5.96. The minimum absolute atomic E-state index is 0.640. The van der Waals surface area contributed by atoms with Crippen LogP contribution in [0.1, 0.15) is 5.56 Å². The van der Waals surface area contributed by atoms with Crippen molar-refractivity contribution in [3.63, 3.8) is 0 Å². The van der Waals surface area contributed by atoms with Crippen LogP contribution in [0.2, 0.25) is 0 Å². The fraction of sp³-hybridized carbons (Fsp3) is 0. The Kier molecular flexibility index (Phi) is 3.48. The van der Waals surface area contributed by atoms with Crippen LogP contribution in [0.15, 0.2) is 54.7 Å². The van der Waals surface area contributed by atoms with Gasteiger partial charge in [-0.2, -0.15) is 5.26 Å². The zero-order chi connectivity index (χ0) is 13.9. The predicted octanol–water partition coefficient (Wildman–Crippen LogP) is 3.41. The van der Waals surface area contributed by atoms with Gasteiger partial charge >= 0.3 is 0 Å². The molecule has 96 valence electrons. The summed E-state index contributed by atoms with van der Waals surface area (Å²) < 4.78 is 2.69. The van der Waals surface area contributed by atoms with Crippen LogP contribution in [0.25, 0.3) is 16.9 Å². The van der Waals surface area contributed by atoms with E-state index < -0.39 is 0 Å². The molecule has 0 saturated heterocycles. The molecular formula is C15H9IN4. The van der Waals surface area contributed by atoms with Crippen molar-refractivity contribution < 1.29 is 0 Å². The van der Waals surface area contributed by atoms with Crippen LogP contribution in [0.4, 0.5) is 0 Å². The van der Waals surface area contributed by atoms with E-state index in [1.165, 1.54) is 0 Å². The number of rotatable bonds is 2. The lowest BCUT2D eigenvalue weighted by Gasteiger charge is -2.03. The van der Waals surface area contributed by atoms with E-state index in [0.29, 0.717) is 5.56 Å². The second-order valence-corrected chi connectivity index (χ2v) is 5.35. The van der Waals surface area contributed by atoms with Crippen molar-refractivity contribution in [1.82, 2.24) is 15.0 Å². The quantitative estimate of drug-likeness (QED) is 0.648. The molecule has 3 aromatic rings. The molecule has 1 aromatic heterocycles. The highest BCUT2D eigenvalue weighted by Crippen LogP contribution is 2.21. The average molecular weight is 372 g/mol. The van der Waals surface area contributed by atoms with Crippen LogP contribution >= 0.6 is 22.6 Å². The summed E-state index contributed by atoms with van der Waals surface area (Å²) in [5.41, 5.74) is 3.41. The normalized spacial score (nSPS) is 10.2. The van der Waals surface area contributed by atoms with Crippen LogP contribution in [-0.2, 0) is 0 Å². The largest absolute Gasteiger partial charge is 0.219 e. The van der Waals surface area contributed by atoms with E-state index in [0.717, 1.165) is 20.5 Å². The van der Waals surface area contributed by atoms with Crippen LogP contribution in [0, 0.1) is 14.9 Å². The summed E-state index contributed by atoms with van der Waals surface area (Å²) in [6, 6.07) is 17.5. The Balaban J connectivity index is 2.01. The van der Waals surface area contributed by atoms with E-state index in [9.17, 15) is 0 Å². The Bertz CT molecular complexity index is 787. The lowest BCUT2D eigenvalue weighted by Crippen LogP contribution is -1.98. The molecule has 20 heavy (non-hydrogen) atoms. The summed E-state index contributed by atoms with van der Waals surface area (Å²) in [5.74, 6) is 0. The van der Waals surface area contributed by atoms with Gasteiger partial charge in [0.25, 0.3) is 0 Å². The first-order chi connectivity index (χ1) is 9.78. The van der Waals surface area contributed by atoms with Crippen LogP contribution in [0.5, 0.6) is 0 Å². The molecule has 0 atom stereocenters. The lowest BCUT2D eigenvalue weighted by molar-refractivity contribution is 0.800. The van der Waals surface area contributed by atoms with Gasteiger partial charge < -0.3 is 0 Å². The lowest BCUT2D eigenvalue weighted by atomic mass is 10.2. The SMILES string of the molecule is N#Cc1ccc(-n2cc(-c3ccccc3)nn2)c(I)c1. The zero-order valence-corrected chi connectivity index (χ0v) is 12.5. The molecule has 3 rings (SSSR count). The minimum Gasteiger partial charge on any atom is -0.219 e. The number of halogens is 1. The highest BCUT2D eigenvalue weighted by Gasteiger charge is 2.08. The Morgan fingerprint density at radius 1 is 1.10 bits per heavy atom. The number of hydrogen-bond acceptors (Lipinski definition) is 3. The van der Waals surface area contributed by atoms with E-state index in [-0.39, 0.29) is 0 Å². The smallest absolute Gasteiger partial charge is 0.113 e. The molecule has 4 nitrogen and oxygen atoms in total. The van der Waals surface area contributed by atoms with Crippen molar-refractivity contribution in [2.75, 3.05) is 0 Å². The maximum atomic E-state index is 8.89. The molecule has 0 aliphatic heterocycles. The van der Waals surface area contributed by atoms with Crippen molar-refractivity contribution in [2.45, 2.75) is 0 Å². The highest BCUT2D eigenvalue weighted by molar-refractivity contribution is 14.1. The molecule has 0 spiro atoms. The minimum atomic E-state index is 0.640. The Hall–Kier alpha value is -2.20. The van der Waals surface area contributed by atoms with Gasteiger partial charge in [-0.05, 0) is 40.8 Å². The van der Waals surface area contributed by atoms with Gasteiger partial charge in [-0.25, -0.2) is 4.68 Å². The van der Waals surface area contributed by atoms with Gasteiger partial charge in [-0.3, -0.25) is 0 Å². The van der Waals surface area contributed by atoms with Gasteiger partial charge in [-0.15, -0.1) is 5.10 Å². The molecule has 0 saturated carbocycles. The van der Waals surface area contributed by atoms with Gasteiger partial charge in [0.05, 0.1) is 23.5 Å². The molecule has 0 bridgehead atoms. The summed E-state index contributed by atoms with van der Waals surface area (Å²) in [5, 5.41) is 17.2. The zero-order valence-electron chi connectivity index (χ0n) is 10.4. The Morgan fingerprint density at radius 3 is 2.60 bits per heavy atom. The summed E-state index contributed by atoms with van der Waals surface area (Å²) >= 11 is 2.20. The first-order valence-corrected chi connectivity index (χ1v) is 7.03. The first kappa shape index (κ1) is 12.8. The van der Waals surface area contributed by atoms with Crippen LogP contribution < -0.4 is 0 Å². The molecule has 0 N–H and O–H groups in total. The Labute approximate surface area is 129 Å². The molecule has 0 amide bonds. The van der Waals surface area contributed by atoms with Gasteiger partial charge in [0.1, 0.15) is 5.69 Å². The molecule has 0 unspecified atom stereocenters. The number of hydrogen-bond donors (Lipinski definition) is 0. The third kappa shape index (κ3) is 2.42. The molecule has 5 heteroatoms. The number of aromatic nitrogens is 3. The van der Waals surface area contributed by atoms with E-state index >= 15 is 0 Å². The molecule has 1 heterocycles. The molecule has 0 aliphatic carbocycles. The van der Waals surface area contributed by atoms with Gasteiger partial charge in [0, 0.05) is 9.13 Å². The number of nitriles is 1. The second-order valence-electron chi connectivity index (χ2n) is 4.19. The van der Waals surface area contributed by atoms with Gasteiger partial charge in [-0.1, -0.05) is 35.5 Å². The standard InChI is InChI=1S/C15H9IN4/c16-13-8-11(9-17)6-7-15(13)20-10-14(18-19-20)12-4-2-1-3-5-12/h1-8,10H. The summed E-state index contributed by atoms with van der Waals surface area (Å²) in [7, 11) is 0. The van der Waals surface area contributed by atoms with Crippen LogP contribution in [-0.4, -0.2) is 15.0 Å². The predicted molar refractivity (Wildman–Crippen MR) is 84.2 cm³/mol. The fourth-order valence-electron chi connectivity index (χ4n) is 1.88. The van der Waals surface area contributed by atoms with Crippen molar-refractivity contribution in [1.29, 1.82) is 5.26 Å². The van der Waals surface area contributed by atoms with Gasteiger partial charge in [0.2, 0.25) is 0 Å². The fourth-order valence-corrected chi connectivity index (χ4v) is 2.65. The van der Waals surface area contributed by atoms with E-state index in [2.05, 4.69) is 39.0 Å². The Morgan fingerprint density at radius 2 is 1.90 bits per heavy atom. The van der Waals surface area contributed by atoms with Crippen LogP contribution in [0.3, 0.4) is 0 Å². The third-order valence-electron chi connectivity index (χ3n) is 2.89. The second kappa shape index (κ2) is 5.43. The summed E-state index contributed by atoms with van der Waals surface area (Å²) in [4.78, 5) is 0. The molecule has 2 aromatic carbocycles. The maximum Gasteiger partial charge on any atom is 0.113 e. The molecule has 0 fully saturated rings. The van der Waals surface area contributed by atoms with Crippen molar-refractivity contribution in [2.24, 2.45) is 0 Å². The van der Waals surface area contributed by atoms with E-state index in [1.54, 1.807) is 10.7 Å². The van der Waals surface area contributed by atoms with Crippen molar-refractivity contribution >= 4 is 22.6 Å². The number of nitrogens with zero attached hydrogens (tertiary/aromatic N) is 4. The number of benzene rings is 2. The molecule has 0 aliphatic rings. The molecule has 0 radical (unpaired) electrons. The summed E-state index contributed by atoms with van der Waals surface area (Å²) in [6.07, 6.45) is 1.89. The summed E-state index contributed by atoms with van der Waals surface area (Å²) in [6.45, 7) is 0. The van der Waals surface area contributed by atoms with Crippen molar-refractivity contribution in [3.8, 4) is 23.0 Å². The molecular weight excluding hydrogens is 363 g/mol. The van der Waals surface area contributed by atoms with Gasteiger partial charge in [0.15, 0.2) is 0 Å². The monoisotopic (exact) mass is 372 g/mol. The topological polar surface area (TPSA) is 54.5 Å². The van der Waals surface area contributed by atoms with E-state index in [1.807, 2.05) is 48.7 Å². The third-order valence-corrected chi connectivity index (χ3v) is 3.75. The highest BCUT2D eigenvalue weighted by atomic mass is 127.